The van der Waals surface area contributed by atoms with E-state index < -0.39 is 29.1 Å². The van der Waals surface area contributed by atoms with Gasteiger partial charge in [-0.05, 0) is 18.2 Å². The summed E-state index contributed by atoms with van der Waals surface area (Å²) in [5, 5.41) is 11.6. The lowest BCUT2D eigenvalue weighted by Gasteiger charge is -2.11. The highest BCUT2D eigenvalue weighted by molar-refractivity contribution is 7.13. The van der Waals surface area contributed by atoms with Crippen molar-refractivity contribution in [1.29, 1.82) is 5.26 Å². The van der Waals surface area contributed by atoms with E-state index in [0.717, 1.165) is 23.7 Å². The van der Waals surface area contributed by atoms with Gasteiger partial charge in [-0.15, -0.1) is 11.3 Å². The second-order valence-electron chi connectivity index (χ2n) is 6.84. The zero-order chi connectivity index (χ0) is 24.3. The van der Waals surface area contributed by atoms with Crippen LogP contribution < -0.4 is 11.1 Å². The molecule has 2 aromatic heterocycles. The number of carbonyl (C=O) groups excluding carboxylic acids is 2. The topological polar surface area (TPSA) is 135 Å². The predicted octanol–water partition coefficient (Wildman–Crippen LogP) is 4.69. The molecule has 2 heterocycles. The average Bonchev–Trinajstić information content (AvgIpc) is 3.25. The molecule has 0 spiro atoms. The molecule has 1 aromatic carbocycles. The van der Waals surface area contributed by atoms with E-state index in [-0.39, 0.29) is 39.3 Å². The fourth-order valence-corrected chi connectivity index (χ4v) is 3.87. The van der Waals surface area contributed by atoms with E-state index in [0.29, 0.717) is 11.1 Å². The van der Waals surface area contributed by atoms with Crippen LogP contribution in [0.15, 0.2) is 30.7 Å². The number of rotatable bonds is 6. The van der Waals surface area contributed by atoms with Crippen LogP contribution in [-0.2, 0) is 6.18 Å². The number of benzene rings is 1. The molecule has 3 N–H and O–H groups in total. The Balaban J connectivity index is 1.72. The highest BCUT2D eigenvalue weighted by Crippen LogP contribution is 2.34. The summed E-state index contributed by atoms with van der Waals surface area (Å²) < 4.78 is 39.4. The lowest BCUT2D eigenvalue weighted by molar-refractivity contribution is -0.137. The van der Waals surface area contributed by atoms with Crippen molar-refractivity contribution in [2.75, 3.05) is 11.1 Å². The van der Waals surface area contributed by atoms with Crippen LogP contribution in [0.4, 0.5) is 24.7 Å². The van der Waals surface area contributed by atoms with Crippen molar-refractivity contribution in [3.05, 3.63) is 62.5 Å². The molecule has 1 atom stereocenters. The molecule has 0 aliphatic heterocycles. The van der Waals surface area contributed by atoms with E-state index in [9.17, 15) is 22.8 Å². The Morgan fingerprint density at radius 2 is 2.03 bits per heavy atom. The molecule has 0 saturated heterocycles. The van der Waals surface area contributed by atoms with Gasteiger partial charge in [0.05, 0.1) is 28.4 Å². The first-order valence-electron chi connectivity index (χ1n) is 9.18. The zero-order valence-corrected chi connectivity index (χ0v) is 18.3. The largest absolute Gasteiger partial charge is 0.417 e. The smallest absolute Gasteiger partial charge is 0.382 e. The number of thiazole rings is 1. The van der Waals surface area contributed by atoms with Crippen LogP contribution in [-0.4, -0.2) is 26.6 Å². The number of anilines is 2. The minimum Gasteiger partial charge on any atom is -0.382 e. The van der Waals surface area contributed by atoms with Gasteiger partial charge < -0.3 is 11.1 Å². The summed E-state index contributed by atoms with van der Waals surface area (Å²) in [6, 6.07) is 4.35. The molecule has 170 valence electrons. The summed E-state index contributed by atoms with van der Waals surface area (Å²) in [5.74, 6) is -1.49. The number of nitriles is 1. The lowest BCUT2D eigenvalue weighted by Crippen LogP contribution is -2.13. The Hall–Kier alpha value is -3.56. The van der Waals surface area contributed by atoms with Gasteiger partial charge in [-0.1, -0.05) is 18.5 Å². The average molecular weight is 495 g/mol. The third-order valence-corrected chi connectivity index (χ3v) is 6.04. The number of alkyl halides is 3. The maximum atomic E-state index is 13.1. The number of aromatic nitrogens is 3. The van der Waals surface area contributed by atoms with Crippen LogP contribution in [0.5, 0.6) is 0 Å². The lowest BCUT2D eigenvalue weighted by atomic mass is 10.0. The van der Waals surface area contributed by atoms with Gasteiger partial charge in [0, 0.05) is 18.0 Å². The molecule has 0 aliphatic rings. The summed E-state index contributed by atoms with van der Waals surface area (Å²) in [7, 11) is 0. The second-order valence-corrected chi connectivity index (χ2v) is 8.28. The minimum absolute atomic E-state index is 0.0185. The maximum Gasteiger partial charge on any atom is 0.417 e. The fourth-order valence-electron chi connectivity index (χ4n) is 2.81. The number of nitrogens with zero attached hydrogens (tertiary/aromatic N) is 4. The molecule has 0 fully saturated rings. The Morgan fingerprint density at radius 3 is 2.70 bits per heavy atom. The fraction of sp³-hybridized carbons (Fsp3) is 0.200. The molecule has 33 heavy (non-hydrogen) atoms. The number of carbonyl (C=O) groups is 2. The first-order valence-corrected chi connectivity index (χ1v) is 10.4. The van der Waals surface area contributed by atoms with Gasteiger partial charge in [-0.25, -0.2) is 15.0 Å². The molecular weight excluding hydrogens is 481 g/mol. The van der Waals surface area contributed by atoms with Gasteiger partial charge in [-0.2, -0.15) is 18.4 Å². The number of nitrogens with one attached hydrogen (secondary N) is 1. The normalized spacial score (nSPS) is 12.1. The van der Waals surface area contributed by atoms with Crippen molar-refractivity contribution in [2.24, 2.45) is 0 Å². The number of hydrogen-bond acceptors (Lipinski definition) is 8. The molecule has 0 aliphatic carbocycles. The quantitative estimate of drug-likeness (QED) is 0.474. The van der Waals surface area contributed by atoms with Gasteiger partial charge in [0.15, 0.2) is 5.78 Å². The van der Waals surface area contributed by atoms with Gasteiger partial charge in [0.1, 0.15) is 27.7 Å². The number of nitrogen functional groups attached to an aromatic ring is 1. The molecule has 1 unspecified atom stereocenters. The summed E-state index contributed by atoms with van der Waals surface area (Å²) in [4.78, 5) is 36.8. The van der Waals surface area contributed by atoms with Crippen molar-refractivity contribution in [3.63, 3.8) is 0 Å². The van der Waals surface area contributed by atoms with Gasteiger partial charge in [0.2, 0.25) is 0 Å². The van der Waals surface area contributed by atoms with Crippen LogP contribution in [0.2, 0.25) is 5.02 Å². The number of nitrogens with two attached hydrogens (primary N) is 1. The van der Waals surface area contributed by atoms with Crippen LogP contribution in [0.3, 0.4) is 0 Å². The number of Topliss-reactive ketones (excluding diaryl/α,β-unsaturated/α-hetero) is 1. The number of halogens is 4. The van der Waals surface area contributed by atoms with E-state index in [2.05, 4.69) is 20.3 Å². The van der Waals surface area contributed by atoms with E-state index >= 15 is 0 Å². The van der Waals surface area contributed by atoms with E-state index in [4.69, 9.17) is 22.6 Å². The van der Waals surface area contributed by atoms with E-state index in [1.807, 2.05) is 0 Å². The number of hydrogen-bond donors (Lipinski definition) is 2. The van der Waals surface area contributed by atoms with Crippen molar-refractivity contribution in [1.82, 2.24) is 15.0 Å². The summed E-state index contributed by atoms with van der Waals surface area (Å²) in [5.41, 5.74) is 3.73. The third-order valence-electron chi connectivity index (χ3n) is 4.44. The molecule has 0 radical (unpaired) electrons. The van der Waals surface area contributed by atoms with Crippen LogP contribution in [0.25, 0.3) is 0 Å². The Kier molecular flexibility index (Phi) is 6.95. The first-order chi connectivity index (χ1) is 15.5. The standard InChI is InChI=1S/C20H14ClF3N6O2S/c1-9(4-13(31)16-15(21)17(26)29-8-28-16)19-27-7-14(33-19)18(32)30-11-3-2-10(6-25)12(5-11)20(22,23)24/h2-3,5,7-9H,4H2,1H3,(H,30,32)(H2,26,28,29). The van der Waals surface area contributed by atoms with E-state index in [1.54, 1.807) is 6.92 Å². The monoisotopic (exact) mass is 494 g/mol. The van der Waals surface area contributed by atoms with Crippen molar-refractivity contribution in [3.8, 4) is 6.07 Å². The molecular formula is C20H14ClF3N6O2S. The Morgan fingerprint density at radius 1 is 1.30 bits per heavy atom. The number of ketones is 1. The summed E-state index contributed by atoms with van der Waals surface area (Å²) in [6.07, 6.45) is -2.38. The Labute approximate surface area is 194 Å². The van der Waals surface area contributed by atoms with Crippen LogP contribution in [0, 0.1) is 11.3 Å². The second kappa shape index (κ2) is 9.51. The molecule has 0 bridgehead atoms. The summed E-state index contributed by atoms with van der Waals surface area (Å²) in [6.45, 7) is 1.72. The molecule has 8 nitrogen and oxygen atoms in total. The molecule has 3 aromatic rings. The SMILES string of the molecule is CC(CC(=O)c1ncnc(N)c1Cl)c1ncc(C(=O)Nc2ccc(C#N)c(C(F)(F)F)c2)s1. The molecule has 3 rings (SSSR count). The van der Waals surface area contributed by atoms with Gasteiger partial charge in [-0.3, -0.25) is 9.59 Å². The Bertz CT molecular complexity index is 1270. The highest BCUT2D eigenvalue weighted by Gasteiger charge is 2.34. The number of amides is 1. The van der Waals surface area contributed by atoms with Crippen molar-refractivity contribution >= 4 is 46.1 Å². The minimum atomic E-state index is -4.75. The van der Waals surface area contributed by atoms with Gasteiger partial charge in [0.25, 0.3) is 5.91 Å². The predicted molar refractivity (Wildman–Crippen MR) is 115 cm³/mol. The molecule has 13 heteroatoms. The van der Waals surface area contributed by atoms with Crippen LogP contribution in [0.1, 0.15) is 55.6 Å². The maximum absolute atomic E-state index is 13.1. The first kappa shape index (κ1) is 24.1. The third kappa shape index (κ3) is 5.44. The van der Waals surface area contributed by atoms with Crippen molar-refractivity contribution < 1.29 is 22.8 Å². The van der Waals surface area contributed by atoms with E-state index in [1.165, 1.54) is 18.3 Å². The van der Waals surface area contributed by atoms with Crippen molar-refractivity contribution in [2.45, 2.75) is 25.4 Å². The molecule has 1 amide bonds. The molecule has 0 saturated carbocycles. The van der Waals surface area contributed by atoms with Crippen LogP contribution >= 0.6 is 22.9 Å². The van der Waals surface area contributed by atoms with Gasteiger partial charge >= 0.3 is 6.18 Å². The highest BCUT2D eigenvalue weighted by atomic mass is 35.5. The zero-order valence-electron chi connectivity index (χ0n) is 16.8. The summed E-state index contributed by atoms with van der Waals surface area (Å²) >= 11 is 6.96.